The number of hydrogen-bond donors (Lipinski definition) is 4. The second kappa shape index (κ2) is 2.81. The van der Waals surface area contributed by atoms with Gasteiger partial charge in [0.25, 0.3) is 0 Å². The summed E-state index contributed by atoms with van der Waals surface area (Å²) in [6.07, 6.45) is -4.76. The molecule has 0 aromatic carbocycles. The van der Waals surface area contributed by atoms with Crippen molar-refractivity contribution in [3.8, 4) is 0 Å². The molecule has 0 bridgehead atoms. The number of aliphatic hydroxyl groups excluding tert-OH is 4. The lowest BCUT2D eigenvalue weighted by Crippen LogP contribution is -2.33. The van der Waals surface area contributed by atoms with Gasteiger partial charge in [-0.25, -0.2) is 0 Å². The molecule has 1 aliphatic rings. The van der Waals surface area contributed by atoms with Gasteiger partial charge in [-0.2, -0.15) is 0 Å². The quantitative estimate of drug-likeness (QED) is 0.329. The topological polar surface area (TPSA) is 90.2 Å². The van der Waals surface area contributed by atoms with Crippen molar-refractivity contribution < 1.29 is 25.2 Å². The average Bonchev–Trinajstić information content (AvgIpc) is 2.17. The molecule has 0 radical (unpaired) electrons. The number of rotatable bonds is 1. The highest BCUT2D eigenvalue weighted by molar-refractivity contribution is 4.84. The summed E-state index contributed by atoms with van der Waals surface area (Å²) in [5, 5.41) is 35.0. The first-order chi connectivity index (χ1) is 4.66. The van der Waals surface area contributed by atoms with Crippen molar-refractivity contribution in [1.29, 1.82) is 0 Å². The third kappa shape index (κ3) is 1.14. The number of hydrogen-bond acceptors (Lipinski definition) is 5. The summed E-state index contributed by atoms with van der Waals surface area (Å²) in [5.74, 6) is 0. The van der Waals surface area contributed by atoms with Crippen molar-refractivity contribution in [2.75, 3.05) is 6.61 Å². The molecule has 0 amide bonds. The van der Waals surface area contributed by atoms with Crippen LogP contribution < -0.4 is 0 Å². The third-order valence-corrected chi connectivity index (χ3v) is 1.52. The molecule has 10 heavy (non-hydrogen) atoms. The molecule has 0 aromatic heterocycles. The lowest BCUT2D eigenvalue weighted by molar-refractivity contribution is -0.132. The van der Waals surface area contributed by atoms with Crippen molar-refractivity contribution in [3.63, 3.8) is 0 Å². The number of aliphatic hydroxyl groups is 4. The molecule has 4 N–H and O–H groups in total. The first-order valence-electron chi connectivity index (χ1n) is 2.97. The van der Waals surface area contributed by atoms with Gasteiger partial charge in [-0.15, -0.1) is 0 Å². The van der Waals surface area contributed by atoms with Crippen LogP contribution in [0.1, 0.15) is 0 Å². The van der Waals surface area contributed by atoms with Crippen LogP contribution in [-0.4, -0.2) is 51.6 Å². The molecule has 5 nitrogen and oxygen atoms in total. The van der Waals surface area contributed by atoms with Gasteiger partial charge in [-0.05, 0) is 0 Å². The van der Waals surface area contributed by atoms with Crippen LogP contribution in [0.3, 0.4) is 0 Å². The minimum absolute atomic E-state index is 0.407. The summed E-state index contributed by atoms with van der Waals surface area (Å²) in [5.41, 5.74) is 0. The Balaban J connectivity index is 2.53. The fourth-order valence-corrected chi connectivity index (χ4v) is 0.880. The third-order valence-electron chi connectivity index (χ3n) is 1.52. The van der Waals surface area contributed by atoms with Gasteiger partial charge in [0.15, 0.2) is 6.29 Å². The van der Waals surface area contributed by atoms with Gasteiger partial charge < -0.3 is 25.2 Å². The fourth-order valence-electron chi connectivity index (χ4n) is 0.880. The largest absolute Gasteiger partial charge is 0.394 e. The van der Waals surface area contributed by atoms with Crippen LogP contribution in [0, 0.1) is 0 Å². The minimum Gasteiger partial charge on any atom is -0.394 e. The SMILES string of the molecule is OCC1O[C@H](O)[C@@H](O)[C@@H]1O. The van der Waals surface area contributed by atoms with E-state index in [0.29, 0.717) is 0 Å². The summed E-state index contributed by atoms with van der Waals surface area (Å²) < 4.78 is 4.54. The second-order valence-electron chi connectivity index (χ2n) is 2.23. The Hall–Kier alpha value is -0.200. The lowest BCUT2D eigenvalue weighted by Gasteiger charge is -2.09. The van der Waals surface area contributed by atoms with E-state index in [9.17, 15) is 0 Å². The second-order valence-corrected chi connectivity index (χ2v) is 2.23. The van der Waals surface area contributed by atoms with E-state index in [1.807, 2.05) is 0 Å². The highest BCUT2D eigenvalue weighted by Crippen LogP contribution is 2.18. The Morgan fingerprint density at radius 1 is 1.10 bits per heavy atom. The van der Waals surface area contributed by atoms with Crippen LogP contribution in [0.15, 0.2) is 0 Å². The van der Waals surface area contributed by atoms with Gasteiger partial charge in [0.1, 0.15) is 18.3 Å². The highest BCUT2D eigenvalue weighted by atomic mass is 16.6. The fraction of sp³-hybridized carbons (Fsp3) is 1.00. The van der Waals surface area contributed by atoms with Crippen LogP contribution in [-0.2, 0) is 4.74 Å². The monoisotopic (exact) mass is 150 g/mol. The molecule has 1 unspecified atom stereocenters. The Morgan fingerprint density at radius 3 is 1.90 bits per heavy atom. The Labute approximate surface area is 57.5 Å². The predicted molar refractivity (Wildman–Crippen MR) is 30.0 cm³/mol. The molecule has 0 aliphatic carbocycles. The molecule has 1 heterocycles. The van der Waals surface area contributed by atoms with Crippen LogP contribution in [0.4, 0.5) is 0 Å². The smallest absolute Gasteiger partial charge is 0.184 e. The molecular formula is C5H10O5. The molecule has 4 atom stereocenters. The molecule has 1 saturated heterocycles. The molecule has 1 aliphatic heterocycles. The molecule has 1 rings (SSSR count). The van der Waals surface area contributed by atoms with Crippen molar-refractivity contribution in [1.82, 2.24) is 0 Å². The predicted octanol–water partition coefficient (Wildman–Crippen LogP) is -2.58. The summed E-state index contributed by atoms with van der Waals surface area (Å²) in [6, 6.07) is 0. The lowest BCUT2D eigenvalue weighted by atomic mass is 10.1. The van der Waals surface area contributed by atoms with Crippen molar-refractivity contribution >= 4 is 0 Å². The van der Waals surface area contributed by atoms with Crippen molar-refractivity contribution in [2.45, 2.75) is 24.6 Å². The van der Waals surface area contributed by atoms with Gasteiger partial charge in [0.2, 0.25) is 0 Å². The maximum atomic E-state index is 8.93. The first-order valence-corrected chi connectivity index (χ1v) is 2.97. The van der Waals surface area contributed by atoms with Gasteiger partial charge in [-0.1, -0.05) is 0 Å². The van der Waals surface area contributed by atoms with E-state index in [2.05, 4.69) is 4.74 Å². The van der Waals surface area contributed by atoms with Crippen LogP contribution >= 0.6 is 0 Å². The van der Waals surface area contributed by atoms with Gasteiger partial charge in [-0.3, -0.25) is 0 Å². The first kappa shape index (κ1) is 7.90. The summed E-state index contributed by atoms with van der Waals surface area (Å²) in [6.45, 7) is -0.407. The molecule has 1 fully saturated rings. The summed E-state index contributed by atoms with van der Waals surface area (Å²) in [4.78, 5) is 0. The van der Waals surface area contributed by atoms with Crippen LogP contribution in [0.2, 0.25) is 0 Å². The van der Waals surface area contributed by atoms with E-state index in [-0.39, 0.29) is 0 Å². The Morgan fingerprint density at radius 2 is 1.70 bits per heavy atom. The van der Waals surface area contributed by atoms with E-state index in [1.165, 1.54) is 0 Å². The summed E-state index contributed by atoms with van der Waals surface area (Å²) in [7, 11) is 0. The van der Waals surface area contributed by atoms with Crippen LogP contribution in [0.25, 0.3) is 0 Å². The van der Waals surface area contributed by atoms with Gasteiger partial charge >= 0.3 is 0 Å². The maximum Gasteiger partial charge on any atom is 0.184 e. The molecule has 0 saturated carbocycles. The van der Waals surface area contributed by atoms with Gasteiger partial charge in [0, 0.05) is 0 Å². The van der Waals surface area contributed by atoms with E-state index in [1.54, 1.807) is 0 Å². The van der Waals surface area contributed by atoms with E-state index < -0.39 is 31.2 Å². The molecule has 60 valence electrons. The van der Waals surface area contributed by atoms with Crippen LogP contribution in [0.5, 0.6) is 0 Å². The molecular weight excluding hydrogens is 140 g/mol. The van der Waals surface area contributed by atoms with E-state index >= 15 is 0 Å². The zero-order valence-electron chi connectivity index (χ0n) is 5.21. The molecule has 0 aromatic rings. The zero-order valence-corrected chi connectivity index (χ0v) is 5.21. The Kier molecular flexibility index (Phi) is 2.22. The molecule has 0 spiro atoms. The molecule has 5 heteroatoms. The Bertz CT molecular complexity index is 117. The number of ether oxygens (including phenoxy) is 1. The van der Waals surface area contributed by atoms with E-state index in [0.717, 1.165) is 0 Å². The minimum atomic E-state index is -1.38. The average molecular weight is 150 g/mol. The van der Waals surface area contributed by atoms with Gasteiger partial charge in [0.05, 0.1) is 6.61 Å². The van der Waals surface area contributed by atoms with E-state index in [4.69, 9.17) is 20.4 Å². The summed E-state index contributed by atoms with van der Waals surface area (Å²) >= 11 is 0. The normalized spacial score (nSPS) is 48.0. The van der Waals surface area contributed by atoms with Crippen molar-refractivity contribution in [2.24, 2.45) is 0 Å². The maximum absolute atomic E-state index is 8.93. The van der Waals surface area contributed by atoms with Crippen molar-refractivity contribution in [3.05, 3.63) is 0 Å². The standard InChI is InChI=1S/C5H10O5/c6-1-2-3(7)4(8)5(9)10-2/h2-9H,1H2/t2?,3-,4+,5+/m1/s1. The zero-order chi connectivity index (χ0) is 7.72. The highest BCUT2D eigenvalue weighted by Gasteiger charge is 2.41.